The zero-order valence-electron chi connectivity index (χ0n) is 16.4. The number of nitrogens with zero attached hydrogens (tertiary/aromatic N) is 3. The lowest BCUT2D eigenvalue weighted by Gasteiger charge is -2.15. The van der Waals surface area contributed by atoms with Gasteiger partial charge < -0.3 is 9.84 Å². The number of carbonyl (C=O) groups excluding carboxylic acids is 1. The molecule has 9 nitrogen and oxygen atoms in total. The van der Waals surface area contributed by atoms with Gasteiger partial charge in [0.25, 0.3) is 0 Å². The quantitative estimate of drug-likeness (QED) is 0.574. The maximum Gasteiger partial charge on any atom is 0.246 e. The lowest BCUT2D eigenvalue weighted by molar-refractivity contribution is -0.122. The van der Waals surface area contributed by atoms with E-state index >= 15 is 0 Å². The minimum Gasteiger partial charge on any atom is -0.360 e. The average molecular weight is 417 g/mol. The van der Waals surface area contributed by atoms with Crippen LogP contribution in [0.1, 0.15) is 29.5 Å². The smallest absolute Gasteiger partial charge is 0.246 e. The Hall–Kier alpha value is -2.98. The highest BCUT2D eigenvalue weighted by atomic mass is 32.2. The van der Waals surface area contributed by atoms with Gasteiger partial charge in [-0.3, -0.25) is 9.48 Å². The summed E-state index contributed by atoms with van der Waals surface area (Å²) in [5.74, 6) is -0.260. The zero-order chi connectivity index (χ0) is 21.0. The predicted octanol–water partition coefficient (Wildman–Crippen LogP) is 1.52. The fourth-order valence-corrected chi connectivity index (χ4v) is 4.52. The van der Waals surface area contributed by atoms with Crippen molar-refractivity contribution in [1.29, 1.82) is 0 Å². The van der Waals surface area contributed by atoms with E-state index in [4.69, 9.17) is 4.52 Å². The van der Waals surface area contributed by atoms with Gasteiger partial charge in [-0.05, 0) is 38.0 Å². The average Bonchev–Trinajstić information content (AvgIpc) is 3.30. The molecule has 0 spiro atoms. The molecule has 2 heterocycles. The van der Waals surface area contributed by atoms with Crippen LogP contribution in [-0.4, -0.2) is 35.3 Å². The summed E-state index contributed by atoms with van der Waals surface area (Å²) in [5, 5.41) is 10.6. The number of hydrogen-bond donors (Lipinski definition) is 2. The maximum absolute atomic E-state index is 12.6. The first-order valence-corrected chi connectivity index (χ1v) is 10.5. The lowest BCUT2D eigenvalue weighted by atomic mass is 10.1. The van der Waals surface area contributed by atoms with Crippen LogP contribution < -0.4 is 10.0 Å². The third kappa shape index (κ3) is 4.90. The molecule has 2 aromatic heterocycles. The van der Waals surface area contributed by atoms with Gasteiger partial charge in [-0.15, -0.1) is 0 Å². The van der Waals surface area contributed by atoms with Crippen molar-refractivity contribution in [3.63, 3.8) is 0 Å². The third-order valence-electron chi connectivity index (χ3n) is 4.42. The molecule has 0 unspecified atom stereocenters. The van der Waals surface area contributed by atoms with Crippen molar-refractivity contribution in [2.45, 2.75) is 44.8 Å². The van der Waals surface area contributed by atoms with Gasteiger partial charge in [-0.1, -0.05) is 29.4 Å². The van der Waals surface area contributed by atoms with Crippen molar-refractivity contribution in [3.05, 3.63) is 65.3 Å². The fraction of sp³-hybridized carbons (Fsp3) is 0.316. The standard InChI is InChI=1S/C19H23N5O4S/c1-13-18(15(3)28-22-13)29(26,27)23-14(2)19(25)20-11-16-7-4-5-8-17(16)12-24-10-6-9-21-24/h4-10,14,23H,11-12H2,1-3H3,(H,20,25)/t14-/m0/s1. The third-order valence-corrected chi connectivity index (χ3v) is 6.21. The summed E-state index contributed by atoms with van der Waals surface area (Å²) in [6.07, 6.45) is 3.57. The Labute approximate surface area is 169 Å². The van der Waals surface area contributed by atoms with Crippen molar-refractivity contribution in [1.82, 2.24) is 25.0 Å². The van der Waals surface area contributed by atoms with Crippen LogP contribution in [0.25, 0.3) is 0 Å². The number of nitrogens with one attached hydrogen (secondary N) is 2. The molecule has 1 amide bonds. The Morgan fingerprint density at radius 1 is 1.21 bits per heavy atom. The second-order valence-electron chi connectivity index (χ2n) is 6.69. The number of aryl methyl sites for hydroxylation is 2. The summed E-state index contributed by atoms with van der Waals surface area (Å²) in [6.45, 7) is 5.38. The van der Waals surface area contributed by atoms with Crippen molar-refractivity contribution < 1.29 is 17.7 Å². The van der Waals surface area contributed by atoms with Crippen molar-refractivity contribution in [3.8, 4) is 0 Å². The van der Waals surface area contributed by atoms with Crippen molar-refractivity contribution in [2.75, 3.05) is 0 Å². The molecule has 29 heavy (non-hydrogen) atoms. The first-order chi connectivity index (χ1) is 13.8. The molecule has 0 aliphatic rings. The van der Waals surface area contributed by atoms with Crippen LogP contribution in [0.5, 0.6) is 0 Å². The van der Waals surface area contributed by atoms with Gasteiger partial charge in [-0.25, -0.2) is 8.42 Å². The van der Waals surface area contributed by atoms with E-state index in [2.05, 4.69) is 20.3 Å². The van der Waals surface area contributed by atoms with E-state index in [-0.39, 0.29) is 22.9 Å². The van der Waals surface area contributed by atoms with E-state index in [9.17, 15) is 13.2 Å². The molecule has 0 fully saturated rings. The van der Waals surface area contributed by atoms with E-state index in [1.54, 1.807) is 10.9 Å². The van der Waals surface area contributed by atoms with Crippen LogP contribution in [0.2, 0.25) is 0 Å². The normalized spacial score (nSPS) is 12.7. The number of rotatable bonds is 8. The van der Waals surface area contributed by atoms with Gasteiger partial charge in [0, 0.05) is 18.9 Å². The molecule has 0 bridgehead atoms. The van der Waals surface area contributed by atoms with Crippen LogP contribution in [0.15, 0.2) is 52.1 Å². The number of aromatic nitrogens is 3. The van der Waals surface area contributed by atoms with E-state index in [0.29, 0.717) is 6.54 Å². The Morgan fingerprint density at radius 2 is 1.93 bits per heavy atom. The highest BCUT2D eigenvalue weighted by Gasteiger charge is 2.28. The SMILES string of the molecule is Cc1noc(C)c1S(=O)(=O)N[C@@H](C)C(=O)NCc1ccccc1Cn1cccn1. The largest absolute Gasteiger partial charge is 0.360 e. The molecule has 2 N–H and O–H groups in total. The van der Waals surface area contributed by atoms with E-state index in [0.717, 1.165) is 11.1 Å². The number of carbonyl (C=O) groups is 1. The topological polar surface area (TPSA) is 119 Å². The molecule has 1 atom stereocenters. The number of amides is 1. The van der Waals surface area contributed by atoms with Gasteiger partial charge in [0.2, 0.25) is 15.9 Å². The molecule has 0 saturated carbocycles. The van der Waals surface area contributed by atoms with E-state index in [1.807, 2.05) is 36.5 Å². The highest BCUT2D eigenvalue weighted by Crippen LogP contribution is 2.19. The molecule has 0 aliphatic heterocycles. The monoisotopic (exact) mass is 417 g/mol. The Kier molecular flexibility index (Phi) is 6.14. The second kappa shape index (κ2) is 8.58. The molecule has 0 saturated heterocycles. The second-order valence-corrected chi connectivity index (χ2v) is 8.34. The molecule has 1 aromatic carbocycles. The molecular formula is C19H23N5O4S. The number of hydrogen-bond acceptors (Lipinski definition) is 6. The first-order valence-electron chi connectivity index (χ1n) is 9.05. The molecule has 3 rings (SSSR count). The summed E-state index contributed by atoms with van der Waals surface area (Å²) in [4.78, 5) is 12.4. The molecule has 0 radical (unpaired) electrons. The number of sulfonamides is 1. The van der Waals surface area contributed by atoms with Gasteiger partial charge in [0.15, 0.2) is 5.76 Å². The van der Waals surface area contributed by atoms with Crippen LogP contribution in [0.3, 0.4) is 0 Å². The lowest BCUT2D eigenvalue weighted by Crippen LogP contribution is -2.44. The van der Waals surface area contributed by atoms with Gasteiger partial charge in [-0.2, -0.15) is 9.82 Å². The minimum absolute atomic E-state index is 0.0401. The molecule has 154 valence electrons. The first kappa shape index (κ1) is 20.7. The maximum atomic E-state index is 12.6. The summed E-state index contributed by atoms with van der Waals surface area (Å²) >= 11 is 0. The molecule has 3 aromatic rings. The predicted molar refractivity (Wildman–Crippen MR) is 105 cm³/mol. The van der Waals surface area contributed by atoms with Gasteiger partial charge >= 0.3 is 0 Å². The van der Waals surface area contributed by atoms with E-state index < -0.39 is 22.0 Å². The Bertz CT molecular complexity index is 1070. The van der Waals surface area contributed by atoms with Crippen LogP contribution in [0.4, 0.5) is 0 Å². The summed E-state index contributed by atoms with van der Waals surface area (Å²) in [5.41, 5.74) is 2.19. The van der Waals surface area contributed by atoms with Gasteiger partial charge in [0.05, 0.1) is 12.6 Å². The van der Waals surface area contributed by atoms with Gasteiger partial charge in [0.1, 0.15) is 10.6 Å². The summed E-state index contributed by atoms with van der Waals surface area (Å²) in [6, 6.07) is 8.57. The van der Waals surface area contributed by atoms with Crippen LogP contribution in [-0.2, 0) is 27.9 Å². The zero-order valence-corrected chi connectivity index (χ0v) is 17.2. The Morgan fingerprint density at radius 3 is 2.55 bits per heavy atom. The fourth-order valence-electron chi connectivity index (χ4n) is 2.99. The van der Waals surface area contributed by atoms with Crippen molar-refractivity contribution >= 4 is 15.9 Å². The van der Waals surface area contributed by atoms with Crippen LogP contribution in [0, 0.1) is 13.8 Å². The number of benzene rings is 1. The summed E-state index contributed by atoms with van der Waals surface area (Å²) in [7, 11) is -3.93. The van der Waals surface area contributed by atoms with Crippen molar-refractivity contribution in [2.24, 2.45) is 0 Å². The highest BCUT2D eigenvalue weighted by molar-refractivity contribution is 7.89. The molecule has 10 heteroatoms. The summed E-state index contributed by atoms with van der Waals surface area (Å²) < 4.78 is 34.2. The Balaban J connectivity index is 1.64. The minimum atomic E-state index is -3.93. The van der Waals surface area contributed by atoms with E-state index in [1.165, 1.54) is 20.8 Å². The van der Waals surface area contributed by atoms with Crippen LogP contribution >= 0.6 is 0 Å². The molecular weight excluding hydrogens is 394 g/mol. The molecule has 0 aliphatic carbocycles.